The molecule has 0 N–H and O–H groups in total. The Morgan fingerprint density at radius 2 is 1.76 bits per heavy atom. The molecule has 2 rings (SSSR count). The van der Waals surface area contributed by atoms with Crippen LogP contribution in [0.25, 0.3) is 0 Å². The van der Waals surface area contributed by atoms with Gasteiger partial charge in [-0.2, -0.15) is 0 Å². The van der Waals surface area contributed by atoms with Crippen molar-refractivity contribution in [2.75, 3.05) is 24.8 Å². The average Bonchev–Trinajstić information content (AvgIpc) is 2.58. The van der Waals surface area contributed by atoms with Crippen LogP contribution in [0.15, 0.2) is 36.5 Å². The van der Waals surface area contributed by atoms with Gasteiger partial charge in [0.05, 0.1) is 27.0 Å². The second-order valence-corrected chi connectivity index (χ2v) is 7.98. The van der Waals surface area contributed by atoms with Crippen LogP contribution < -0.4 is 13.8 Å². The van der Waals surface area contributed by atoms with Gasteiger partial charge in [0, 0.05) is 6.20 Å². The van der Waals surface area contributed by atoms with Crippen LogP contribution in [0.1, 0.15) is 30.9 Å². The smallest absolute Gasteiger partial charge is 0.238 e. The molecule has 0 aliphatic heterocycles. The predicted octanol–water partition coefficient (Wildman–Crippen LogP) is 3.19. The zero-order valence-corrected chi connectivity index (χ0v) is 16.0. The molecule has 0 bridgehead atoms. The van der Waals surface area contributed by atoms with E-state index in [1.54, 1.807) is 25.4 Å². The summed E-state index contributed by atoms with van der Waals surface area (Å²) in [6.07, 6.45) is 2.89. The third-order valence-electron chi connectivity index (χ3n) is 3.87. The van der Waals surface area contributed by atoms with Crippen LogP contribution in [-0.4, -0.2) is 33.9 Å². The summed E-state index contributed by atoms with van der Waals surface area (Å²) in [6, 6.07) is 9.10. The maximum atomic E-state index is 12.4. The number of sulfonamides is 1. The fourth-order valence-corrected chi connectivity index (χ4v) is 3.26. The Bertz CT molecular complexity index is 817. The zero-order chi connectivity index (χ0) is 18.6. The monoisotopic (exact) mass is 364 g/mol. The lowest BCUT2D eigenvalue weighted by atomic mass is 10.1. The summed E-state index contributed by atoms with van der Waals surface area (Å²) in [5.41, 5.74) is 2.22. The van der Waals surface area contributed by atoms with E-state index in [-0.39, 0.29) is 18.3 Å². The van der Waals surface area contributed by atoms with E-state index in [9.17, 15) is 8.42 Å². The van der Waals surface area contributed by atoms with E-state index in [2.05, 4.69) is 4.98 Å². The first-order valence-corrected chi connectivity index (χ1v) is 9.75. The van der Waals surface area contributed by atoms with Crippen molar-refractivity contribution in [3.63, 3.8) is 0 Å². The lowest BCUT2D eigenvalue weighted by Crippen LogP contribution is -2.30. The Morgan fingerprint density at radius 1 is 1.12 bits per heavy atom. The van der Waals surface area contributed by atoms with Gasteiger partial charge in [-0.25, -0.2) is 13.4 Å². The third-order valence-corrected chi connectivity index (χ3v) is 4.99. The molecule has 0 spiro atoms. The fraction of sp³-hybridized carbons (Fsp3) is 0.389. The highest BCUT2D eigenvalue weighted by atomic mass is 32.2. The van der Waals surface area contributed by atoms with Crippen LogP contribution in [0, 0.1) is 0 Å². The van der Waals surface area contributed by atoms with Gasteiger partial charge in [0.2, 0.25) is 15.9 Å². The standard InChI is InChI=1S/C18H24N2O4S/c1-13(2)15-10-17(18(24-4)19-11-15)20(25(5,21)22)12-14-6-8-16(23-3)9-7-14/h6-11,13H,12H2,1-5H3. The number of nitrogens with zero attached hydrogens (tertiary/aromatic N) is 2. The molecule has 1 aromatic heterocycles. The molecule has 1 heterocycles. The van der Waals surface area contributed by atoms with Crippen molar-refractivity contribution in [3.05, 3.63) is 47.7 Å². The molecule has 0 amide bonds. The Balaban J connectivity index is 2.48. The number of aromatic nitrogens is 1. The molecular formula is C18H24N2O4S. The minimum atomic E-state index is -3.52. The highest BCUT2D eigenvalue weighted by Gasteiger charge is 2.23. The minimum Gasteiger partial charge on any atom is -0.497 e. The molecule has 0 aliphatic carbocycles. The van der Waals surface area contributed by atoms with Gasteiger partial charge in [0.15, 0.2) is 0 Å². The summed E-state index contributed by atoms with van der Waals surface area (Å²) in [4.78, 5) is 4.27. The van der Waals surface area contributed by atoms with Gasteiger partial charge in [-0.15, -0.1) is 0 Å². The largest absolute Gasteiger partial charge is 0.497 e. The first-order chi connectivity index (χ1) is 11.8. The molecule has 0 atom stereocenters. The van der Waals surface area contributed by atoms with Crippen LogP contribution in [0.4, 0.5) is 5.69 Å². The molecule has 0 aliphatic rings. The first-order valence-electron chi connectivity index (χ1n) is 7.90. The molecule has 0 radical (unpaired) electrons. The quantitative estimate of drug-likeness (QED) is 0.755. The van der Waals surface area contributed by atoms with Gasteiger partial charge in [-0.05, 0) is 35.2 Å². The number of hydrogen-bond donors (Lipinski definition) is 0. The highest BCUT2D eigenvalue weighted by Crippen LogP contribution is 2.32. The number of rotatable bonds is 7. The zero-order valence-electron chi connectivity index (χ0n) is 15.2. The molecular weight excluding hydrogens is 340 g/mol. The normalized spacial score (nSPS) is 11.4. The van der Waals surface area contributed by atoms with Crippen molar-refractivity contribution in [1.82, 2.24) is 4.98 Å². The minimum absolute atomic E-state index is 0.183. The number of benzene rings is 1. The van der Waals surface area contributed by atoms with E-state index in [1.807, 2.05) is 32.0 Å². The summed E-state index contributed by atoms with van der Waals surface area (Å²) in [5.74, 6) is 1.22. The summed E-state index contributed by atoms with van der Waals surface area (Å²) >= 11 is 0. The van der Waals surface area contributed by atoms with Crippen LogP contribution >= 0.6 is 0 Å². The van der Waals surface area contributed by atoms with E-state index >= 15 is 0 Å². The lowest BCUT2D eigenvalue weighted by molar-refractivity contribution is 0.398. The number of ether oxygens (including phenoxy) is 2. The van der Waals surface area contributed by atoms with Crippen molar-refractivity contribution < 1.29 is 17.9 Å². The summed E-state index contributed by atoms with van der Waals surface area (Å²) in [7, 11) is -0.455. The Kier molecular flexibility index (Phi) is 5.89. The van der Waals surface area contributed by atoms with Gasteiger partial charge >= 0.3 is 0 Å². The Hall–Kier alpha value is -2.28. The number of hydrogen-bond acceptors (Lipinski definition) is 5. The summed E-state index contributed by atoms with van der Waals surface area (Å²) in [6.45, 7) is 4.24. The van der Waals surface area contributed by atoms with Gasteiger partial charge in [-0.1, -0.05) is 26.0 Å². The molecule has 25 heavy (non-hydrogen) atoms. The van der Waals surface area contributed by atoms with Crippen molar-refractivity contribution in [3.8, 4) is 11.6 Å². The van der Waals surface area contributed by atoms with Gasteiger partial charge in [-0.3, -0.25) is 4.31 Å². The maximum Gasteiger partial charge on any atom is 0.238 e. The van der Waals surface area contributed by atoms with Gasteiger partial charge in [0.1, 0.15) is 11.4 Å². The molecule has 0 saturated heterocycles. The van der Waals surface area contributed by atoms with Crippen molar-refractivity contribution in [1.29, 1.82) is 0 Å². The molecule has 2 aromatic rings. The van der Waals surface area contributed by atoms with Crippen molar-refractivity contribution >= 4 is 15.7 Å². The number of methoxy groups -OCH3 is 2. The van der Waals surface area contributed by atoms with E-state index in [1.165, 1.54) is 17.7 Å². The van der Waals surface area contributed by atoms with E-state index in [0.29, 0.717) is 5.69 Å². The van der Waals surface area contributed by atoms with E-state index in [0.717, 1.165) is 16.9 Å². The summed E-state index contributed by atoms with van der Waals surface area (Å²) < 4.78 is 36.6. The molecule has 7 heteroatoms. The van der Waals surface area contributed by atoms with Crippen LogP contribution in [0.2, 0.25) is 0 Å². The Labute approximate surface area is 149 Å². The average molecular weight is 364 g/mol. The highest BCUT2D eigenvalue weighted by molar-refractivity contribution is 7.92. The second kappa shape index (κ2) is 7.74. The van der Waals surface area contributed by atoms with Crippen LogP contribution in [0.5, 0.6) is 11.6 Å². The molecule has 6 nitrogen and oxygen atoms in total. The van der Waals surface area contributed by atoms with E-state index < -0.39 is 10.0 Å². The summed E-state index contributed by atoms with van der Waals surface area (Å²) in [5, 5.41) is 0. The maximum absolute atomic E-state index is 12.4. The molecule has 0 fully saturated rings. The topological polar surface area (TPSA) is 68.7 Å². The second-order valence-electron chi connectivity index (χ2n) is 6.07. The molecule has 0 unspecified atom stereocenters. The van der Waals surface area contributed by atoms with Crippen molar-refractivity contribution in [2.45, 2.75) is 26.3 Å². The number of pyridine rings is 1. The predicted molar refractivity (Wildman–Crippen MR) is 98.9 cm³/mol. The van der Waals surface area contributed by atoms with Crippen LogP contribution in [-0.2, 0) is 16.6 Å². The van der Waals surface area contributed by atoms with Crippen LogP contribution in [0.3, 0.4) is 0 Å². The van der Waals surface area contributed by atoms with E-state index in [4.69, 9.17) is 9.47 Å². The van der Waals surface area contributed by atoms with Gasteiger partial charge in [0.25, 0.3) is 0 Å². The number of anilines is 1. The third kappa shape index (κ3) is 4.63. The molecule has 136 valence electrons. The van der Waals surface area contributed by atoms with Gasteiger partial charge < -0.3 is 9.47 Å². The Morgan fingerprint density at radius 3 is 2.24 bits per heavy atom. The molecule has 0 saturated carbocycles. The molecule has 1 aromatic carbocycles. The lowest BCUT2D eigenvalue weighted by Gasteiger charge is -2.25. The van der Waals surface area contributed by atoms with Crippen molar-refractivity contribution in [2.24, 2.45) is 0 Å². The fourth-order valence-electron chi connectivity index (χ4n) is 2.39. The SMILES string of the molecule is COc1ccc(CN(c2cc(C(C)C)cnc2OC)S(C)(=O)=O)cc1. The first kappa shape index (κ1) is 19.1.